The fourth-order valence-electron chi connectivity index (χ4n) is 1.76. The molecule has 1 heterocycles. The number of hydrogen-bond donors (Lipinski definition) is 1. The third kappa shape index (κ3) is 2.38. The smallest absolute Gasteiger partial charge is 0.371 e. The fourth-order valence-corrected chi connectivity index (χ4v) is 1.76. The average Bonchev–Trinajstić information content (AvgIpc) is 2.29. The predicted octanol–water partition coefficient (Wildman–Crippen LogP) is 3.24. The zero-order valence-corrected chi connectivity index (χ0v) is 8.59. The molecule has 0 amide bonds. The van der Waals surface area contributed by atoms with E-state index >= 15 is 0 Å². The summed E-state index contributed by atoms with van der Waals surface area (Å²) in [6.45, 7) is 0. The van der Waals surface area contributed by atoms with Crippen LogP contribution in [0.25, 0.3) is 0 Å². The van der Waals surface area contributed by atoms with Gasteiger partial charge in [-0.3, -0.25) is 0 Å². The second-order valence-electron chi connectivity index (χ2n) is 3.77. The maximum Gasteiger partial charge on any atom is 0.430 e. The average molecular weight is 227 g/mol. The molecular formula is C12H12F3N. The Morgan fingerprint density at radius 3 is 2.69 bits per heavy atom. The van der Waals surface area contributed by atoms with Gasteiger partial charge in [0.05, 0.1) is 6.04 Å². The van der Waals surface area contributed by atoms with Crippen molar-refractivity contribution in [2.45, 2.75) is 25.1 Å². The van der Waals surface area contributed by atoms with Gasteiger partial charge in [0.15, 0.2) is 0 Å². The Balaban J connectivity index is 2.12. The van der Waals surface area contributed by atoms with Crippen molar-refractivity contribution >= 4 is 0 Å². The number of alkyl halides is 3. The van der Waals surface area contributed by atoms with Gasteiger partial charge in [0.1, 0.15) is 5.70 Å². The van der Waals surface area contributed by atoms with Gasteiger partial charge < -0.3 is 5.32 Å². The molecule has 0 fully saturated rings. The monoisotopic (exact) mass is 227 g/mol. The number of dihydropyridines is 1. The van der Waals surface area contributed by atoms with Gasteiger partial charge in [-0.25, -0.2) is 0 Å². The summed E-state index contributed by atoms with van der Waals surface area (Å²) in [5.41, 5.74) is 0.220. The second kappa shape index (κ2) is 4.20. The van der Waals surface area contributed by atoms with Crippen molar-refractivity contribution in [3.8, 4) is 0 Å². The predicted molar refractivity (Wildman–Crippen MR) is 56.7 cm³/mol. The van der Waals surface area contributed by atoms with Crippen LogP contribution in [0, 0.1) is 0 Å². The van der Waals surface area contributed by atoms with E-state index in [4.69, 9.17) is 0 Å². The van der Waals surface area contributed by atoms with Crippen LogP contribution in [0.2, 0.25) is 0 Å². The number of allylic oxidation sites excluding steroid dienone is 5. The van der Waals surface area contributed by atoms with E-state index in [1.54, 1.807) is 6.08 Å². The Labute approximate surface area is 92.0 Å². The molecule has 0 saturated carbocycles. The fraction of sp³-hybridized carbons (Fsp3) is 0.333. The van der Waals surface area contributed by atoms with Crippen LogP contribution in [0.3, 0.4) is 0 Å². The van der Waals surface area contributed by atoms with E-state index in [9.17, 15) is 13.2 Å². The van der Waals surface area contributed by atoms with Crippen LogP contribution in [0.5, 0.6) is 0 Å². The Hall–Kier alpha value is -1.45. The van der Waals surface area contributed by atoms with Crippen LogP contribution in [0.4, 0.5) is 13.2 Å². The van der Waals surface area contributed by atoms with Gasteiger partial charge in [-0.2, -0.15) is 13.2 Å². The maximum atomic E-state index is 12.5. The summed E-state index contributed by atoms with van der Waals surface area (Å²) in [4.78, 5) is 0. The molecule has 2 rings (SSSR count). The molecule has 86 valence electrons. The summed E-state index contributed by atoms with van der Waals surface area (Å²) < 4.78 is 37.4. The van der Waals surface area contributed by atoms with E-state index in [0.29, 0.717) is 0 Å². The summed E-state index contributed by atoms with van der Waals surface area (Å²) in [6.07, 6.45) is 7.63. The van der Waals surface area contributed by atoms with Gasteiger partial charge in [-0.1, -0.05) is 30.4 Å². The van der Waals surface area contributed by atoms with Crippen LogP contribution in [0.1, 0.15) is 12.8 Å². The standard InChI is InChI=1S/C12H12F3N/c13-12(14,15)11-8-4-7-10(16-11)9-5-2-1-3-6-9/h2,4-8,10,16H,1,3H2. The van der Waals surface area contributed by atoms with Crippen molar-refractivity contribution in [1.29, 1.82) is 0 Å². The summed E-state index contributed by atoms with van der Waals surface area (Å²) >= 11 is 0. The lowest BCUT2D eigenvalue weighted by atomic mass is 9.98. The van der Waals surface area contributed by atoms with Crippen molar-refractivity contribution in [2.24, 2.45) is 0 Å². The molecule has 1 aliphatic heterocycles. The molecule has 0 bridgehead atoms. The number of rotatable bonds is 1. The third-order valence-corrected chi connectivity index (χ3v) is 2.57. The van der Waals surface area contributed by atoms with Crippen molar-refractivity contribution in [1.82, 2.24) is 5.32 Å². The van der Waals surface area contributed by atoms with Crippen molar-refractivity contribution < 1.29 is 13.2 Å². The van der Waals surface area contributed by atoms with Crippen LogP contribution < -0.4 is 5.32 Å². The first-order valence-electron chi connectivity index (χ1n) is 5.16. The molecule has 2 aliphatic rings. The molecule has 1 atom stereocenters. The lowest BCUT2D eigenvalue weighted by molar-refractivity contribution is -0.0972. The Morgan fingerprint density at radius 1 is 1.25 bits per heavy atom. The van der Waals surface area contributed by atoms with Crippen molar-refractivity contribution in [3.63, 3.8) is 0 Å². The summed E-state index contributed by atoms with van der Waals surface area (Å²) in [7, 11) is 0. The molecule has 0 saturated heterocycles. The van der Waals surface area contributed by atoms with Crippen molar-refractivity contribution in [2.75, 3.05) is 0 Å². The Bertz CT molecular complexity index is 386. The topological polar surface area (TPSA) is 12.0 Å². The minimum absolute atomic E-state index is 0.363. The van der Waals surface area contributed by atoms with E-state index in [-0.39, 0.29) is 6.04 Å². The van der Waals surface area contributed by atoms with E-state index in [2.05, 4.69) is 5.32 Å². The molecule has 1 unspecified atom stereocenters. The van der Waals surface area contributed by atoms with E-state index in [0.717, 1.165) is 24.5 Å². The third-order valence-electron chi connectivity index (χ3n) is 2.57. The van der Waals surface area contributed by atoms with Crippen LogP contribution in [0.15, 0.2) is 47.7 Å². The summed E-state index contributed by atoms with van der Waals surface area (Å²) in [5.74, 6) is 0. The summed E-state index contributed by atoms with van der Waals surface area (Å²) in [6, 6.07) is -0.363. The molecular weight excluding hydrogens is 215 g/mol. The molecule has 16 heavy (non-hydrogen) atoms. The highest BCUT2D eigenvalue weighted by atomic mass is 19.4. The first-order valence-corrected chi connectivity index (χ1v) is 5.16. The molecule has 0 aromatic carbocycles. The lowest BCUT2D eigenvalue weighted by Crippen LogP contribution is -2.36. The highest BCUT2D eigenvalue weighted by Crippen LogP contribution is 2.27. The zero-order valence-electron chi connectivity index (χ0n) is 8.59. The quantitative estimate of drug-likeness (QED) is 0.725. The largest absolute Gasteiger partial charge is 0.430 e. The normalized spacial score (nSPS) is 24.8. The number of hydrogen-bond acceptors (Lipinski definition) is 1. The van der Waals surface area contributed by atoms with Crippen LogP contribution in [-0.4, -0.2) is 12.2 Å². The molecule has 1 nitrogen and oxygen atoms in total. The lowest BCUT2D eigenvalue weighted by Gasteiger charge is -2.25. The molecule has 0 radical (unpaired) electrons. The zero-order chi connectivity index (χ0) is 11.6. The molecule has 1 N–H and O–H groups in total. The Kier molecular flexibility index (Phi) is 2.90. The van der Waals surface area contributed by atoms with E-state index < -0.39 is 11.9 Å². The maximum absolute atomic E-state index is 12.5. The first-order chi connectivity index (χ1) is 7.57. The van der Waals surface area contributed by atoms with Crippen molar-refractivity contribution in [3.05, 3.63) is 47.7 Å². The number of nitrogens with one attached hydrogen (secondary N) is 1. The van der Waals surface area contributed by atoms with Crippen LogP contribution in [-0.2, 0) is 0 Å². The molecule has 0 spiro atoms. The minimum Gasteiger partial charge on any atom is -0.371 e. The van der Waals surface area contributed by atoms with Crippen LogP contribution >= 0.6 is 0 Å². The van der Waals surface area contributed by atoms with Gasteiger partial charge in [-0.05, 0) is 24.5 Å². The highest BCUT2D eigenvalue weighted by molar-refractivity contribution is 5.37. The minimum atomic E-state index is -4.30. The highest BCUT2D eigenvalue weighted by Gasteiger charge is 2.35. The SMILES string of the molecule is FC(F)(F)C1=CC=CC(C2=CCCC=C2)N1. The summed E-state index contributed by atoms with van der Waals surface area (Å²) in [5, 5.41) is 2.49. The molecule has 4 heteroatoms. The molecule has 0 aromatic rings. The molecule has 0 aromatic heterocycles. The van der Waals surface area contributed by atoms with Gasteiger partial charge in [0.25, 0.3) is 0 Å². The first kappa shape index (κ1) is 11.0. The molecule has 1 aliphatic carbocycles. The van der Waals surface area contributed by atoms with Gasteiger partial charge in [0.2, 0.25) is 0 Å². The van der Waals surface area contributed by atoms with Gasteiger partial charge in [-0.15, -0.1) is 0 Å². The van der Waals surface area contributed by atoms with E-state index in [1.165, 1.54) is 6.08 Å². The van der Waals surface area contributed by atoms with Gasteiger partial charge in [0, 0.05) is 0 Å². The Morgan fingerprint density at radius 2 is 2.06 bits per heavy atom. The number of halogens is 3. The van der Waals surface area contributed by atoms with E-state index in [1.807, 2.05) is 18.2 Å². The van der Waals surface area contributed by atoms with Gasteiger partial charge >= 0.3 is 6.18 Å². The second-order valence-corrected chi connectivity index (χ2v) is 3.77.